The molecule has 0 amide bonds. The van der Waals surface area contributed by atoms with Gasteiger partial charge in [0.15, 0.2) is 11.6 Å². The number of nitro groups is 1. The Bertz CT molecular complexity index is 802. The van der Waals surface area contributed by atoms with Crippen molar-refractivity contribution in [1.82, 2.24) is 15.2 Å². The van der Waals surface area contributed by atoms with Crippen LogP contribution in [0, 0.1) is 10.1 Å². The number of rotatable bonds is 3. The topological polar surface area (TPSA) is 84.7 Å². The molecule has 1 N–H and O–H groups in total. The zero-order valence-corrected chi connectivity index (χ0v) is 11.4. The second-order valence-corrected chi connectivity index (χ2v) is 4.70. The number of H-pyrrole nitrogens is 1. The first-order valence-corrected chi connectivity index (χ1v) is 6.45. The van der Waals surface area contributed by atoms with Crippen molar-refractivity contribution < 1.29 is 4.92 Å². The maximum atomic E-state index is 10.9. The minimum atomic E-state index is -0.531. The monoisotopic (exact) mass is 300 g/mol. The summed E-state index contributed by atoms with van der Waals surface area (Å²) in [5.74, 6) is 0.983. The zero-order chi connectivity index (χ0) is 14.8. The highest BCUT2D eigenvalue weighted by molar-refractivity contribution is 6.32. The Morgan fingerprint density at radius 1 is 1.10 bits per heavy atom. The van der Waals surface area contributed by atoms with E-state index < -0.39 is 4.92 Å². The highest BCUT2D eigenvalue weighted by Crippen LogP contribution is 2.29. The third kappa shape index (κ3) is 2.61. The van der Waals surface area contributed by atoms with Crippen molar-refractivity contribution in [1.29, 1.82) is 0 Å². The van der Waals surface area contributed by atoms with Gasteiger partial charge in [-0.3, -0.25) is 15.2 Å². The first kappa shape index (κ1) is 13.3. The van der Waals surface area contributed by atoms with E-state index in [0.29, 0.717) is 17.2 Å². The van der Waals surface area contributed by atoms with Crippen molar-refractivity contribution in [2.75, 3.05) is 0 Å². The number of nitro benzene ring substituents is 1. The molecular weight excluding hydrogens is 292 g/mol. The molecule has 0 fully saturated rings. The van der Waals surface area contributed by atoms with E-state index in [2.05, 4.69) is 15.2 Å². The van der Waals surface area contributed by atoms with Gasteiger partial charge >= 0.3 is 0 Å². The number of benzene rings is 2. The van der Waals surface area contributed by atoms with E-state index in [1.807, 2.05) is 30.3 Å². The molecule has 0 bridgehead atoms. The molecule has 7 heteroatoms. The van der Waals surface area contributed by atoms with Crippen LogP contribution in [0.15, 0.2) is 48.5 Å². The van der Waals surface area contributed by atoms with Crippen LogP contribution in [0.5, 0.6) is 0 Å². The van der Waals surface area contributed by atoms with E-state index in [9.17, 15) is 10.1 Å². The molecule has 1 heterocycles. The molecule has 3 rings (SSSR count). The molecule has 3 aromatic rings. The molecule has 0 unspecified atom stereocenters. The van der Waals surface area contributed by atoms with Gasteiger partial charge in [0.1, 0.15) is 5.02 Å². The summed E-state index contributed by atoms with van der Waals surface area (Å²) in [5.41, 5.74) is 1.25. The van der Waals surface area contributed by atoms with Gasteiger partial charge in [-0.1, -0.05) is 41.9 Å². The number of hydrogen-bond donors (Lipinski definition) is 1. The Balaban J connectivity index is 2.01. The van der Waals surface area contributed by atoms with Crippen molar-refractivity contribution in [3.05, 3.63) is 63.7 Å². The fourth-order valence-electron chi connectivity index (χ4n) is 1.91. The second-order valence-electron chi connectivity index (χ2n) is 4.30. The molecule has 0 radical (unpaired) electrons. The lowest BCUT2D eigenvalue weighted by Gasteiger charge is -1.98. The normalized spacial score (nSPS) is 10.5. The number of aromatic nitrogens is 3. The van der Waals surface area contributed by atoms with Gasteiger partial charge in [0.2, 0.25) is 0 Å². The highest BCUT2D eigenvalue weighted by atomic mass is 35.5. The quantitative estimate of drug-likeness (QED) is 0.590. The molecule has 0 saturated carbocycles. The Morgan fingerprint density at radius 2 is 1.86 bits per heavy atom. The molecule has 1 aromatic heterocycles. The smallest absolute Gasteiger partial charge is 0.259 e. The summed E-state index contributed by atoms with van der Waals surface area (Å²) in [6.45, 7) is 0. The van der Waals surface area contributed by atoms with Crippen LogP contribution in [-0.2, 0) is 0 Å². The SMILES string of the molecule is O=[N+]([O-])c1cc(-c2n[nH]c(-c3ccccc3)n2)ccc1Cl. The Kier molecular flexibility index (Phi) is 3.37. The van der Waals surface area contributed by atoms with Gasteiger partial charge < -0.3 is 0 Å². The third-order valence-electron chi connectivity index (χ3n) is 2.93. The van der Waals surface area contributed by atoms with E-state index >= 15 is 0 Å². The maximum Gasteiger partial charge on any atom is 0.288 e. The standard InChI is InChI=1S/C14H9ClN4O2/c15-11-7-6-10(8-12(11)19(20)21)14-16-13(17-18-14)9-4-2-1-3-5-9/h1-8H,(H,16,17,18). The van der Waals surface area contributed by atoms with Crippen molar-refractivity contribution in [2.45, 2.75) is 0 Å². The first-order chi connectivity index (χ1) is 10.1. The molecule has 0 atom stereocenters. The summed E-state index contributed by atoms with van der Waals surface area (Å²) in [5, 5.41) is 17.9. The summed E-state index contributed by atoms with van der Waals surface area (Å²) < 4.78 is 0. The molecule has 6 nitrogen and oxygen atoms in total. The number of halogens is 1. The van der Waals surface area contributed by atoms with Gasteiger partial charge in [-0.2, -0.15) is 5.10 Å². The van der Waals surface area contributed by atoms with Crippen LogP contribution in [0.2, 0.25) is 5.02 Å². The van der Waals surface area contributed by atoms with Crippen LogP contribution in [0.25, 0.3) is 22.8 Å². The van der Waals surface area contributed by atoms with Crippen LogP contribution >= 0.6 is 11.6 Å². The molecule has 0 spiro atoms. The van der Waals surface area contributed by atoms with Gasteiger partial charge in [-0.15, -0.1) is 0 Å². The lowest BCUT2D eigenvalue weighted by atomic mass is 10.2. The minimum Gasteiger partial charge on any atom is -0.259 e. The summed E-state index contributed by atoms with van der Waals surface area (Å²) in [7, 11) is 0. The fourth-order valence-corrected chi connectivity index (χ4v) is 2.09. The van der Waals surface area contributed by atoms with Crippen LogP contribution in [-0.4, -0.2) is 20.1 Å². The Morgan fingerprint density at radius 3 is 2.57 bits per heavy atom. The van der Waals surface area contributed by atoms with Crippen molar-refractivity contribution in [3.8, 4) is 22.8 Å². The number of nitrogens with zero attached hydrogens (tertiary/aromatic N) is 3. The average Bonchev–Trinajstić information content (AvgIpc) is 2.98. The van der Waals surface area contributed by atoms with Gasteiger partial charge in [-0.25, -0.2) is 4.98 Å². The van der Waals surface area contributed by atoms with Gasteiger partial charge in [0.25, 0.3) is 5.69 Å². The average molecular weight is 301 g/mol. The van der Waals surface area contributed by atoms with E-state index in [-0.39, 0.29) is 10.7 Å². The van der Waals surface area contributed by atoms with E-state index in [1.54, 1.807) is 6.07 Å². The Hall–Kier alpha value is -2.73. The summed E-state index contributed by atoms with van der Waals surface area (Å²) >= 11 is 5.79. The van der Waals surface area contributed by atoms with Crippen LogP contribution in [0.3, 0.4) is 0 Å². The van der Waals surface area contributed by atoms with Gasteiger partial charge in [0.05, 0.1) is 4.92 Å². The van der Waals surface area contributed by atoms with E-state index in [1.165, 1.54) is 12.1 Å². The summed E-state index contributed by atoms with van der Waals surface area (Å²) in [6.07, 6.45) is 0. The van der Waals surface area contributed by atoms with Crippen molar-refractivity contribution in [2.24, 2.45) is 0 Å². The van der Waals surface area contributed by atoms with Crippen molar-refractivity contribution >= 4 is 17.3 Å². The molecule has 2 aromatic carbocycles. The first-order valence-electron chi connectivity index (χ1n) is 6.07. The number of nitrogens with one attached hydrogen (secondary N) is 1. The molecule has 21 heavy (non-hydrogen) atoms. The molecule has 0 saturated heterocycles. The fraction of sp³-hybridized carbons (Fsp3) is 0. The molecule has 104 valence electrons. The van der Waals surface area contributed by atoms with E-state index in [4.69, 9.17) is 11.6 Å². The summed E-state index contributed by atoms with van der Waals surface area (Å²) in [4.78, 5) is 14.7. The number of hydrogen-bond acceptors (Lipinski definition) is 4. The van der Waals surface area contributed by atoms with Crippen molar-refractivity contribution in [3.63, 3.8) is 0 Å². The van der Waals surface area contributed by atoms with Crippen LogP contribution in [0.4, 0.5) is 5.69 Å². The van der Waals surface area contributed by atoms with Crippen LogP contribution in [0.1, 0.15) is 0 Å². The van der Waals surface area contributed by atoms with Gasteiger partial charge in [0, 0.05) is 17.2 Å². The predicted octanol–water partition coefficient (Wildman–Crippen LogP) is 3.70. The zero-order valence-electron chi connectivity index (χ0n) is 10.7. The van der Waals surface area contributed by atoms with Gasteiger partial charge in [-0.05, 0) is 12.1 Å². The highest BCUT2D eigenvalue weighted by Gasteiger charge is 2.16. The molecule has 0 aliphatic heterocycles. The largest absolute Gasteiger partial charge is 0.288 e. The second kappa shape index (κ2) is 5.34. The summed E-state index contributed by atoms with van der Waals surface area (Å²) in [6, 6.07) is 14.0. The van der Waals surface area contributed by atoms with Crippen LogP contribution < -0.4 is 0 Å². The number of aromatic amines is 1. The molecule has 0 aliphatic carbocycles. The lowest BCUT2D eigenvalue weighted by molar-refractivity contribution is -0.384. The lowest BCUT2D eigenvalue weighted by Crippen LogP contribution is -1.90. The maximum absolute atomic E-state index is 10.9. The minimum absolute atomic E-state index is 0.0857. The van der Waals surface area contributed by atoms with E-state index in [0.717, 1.165) is 5.56 Å². The predicted molar refractivity (Wildman–Crippen MR) is 78.9 cm³/mol. The Labute approximate surface area is 124 Å². The molecular formula is C14H9ClN4O2. The third-order valence-corrected chi connectivity index (χ3v) is 3.25. The molecule has 0 aliphatic rings.